The van der Waals surface area contributed by atoms with Crippen LogP contribution in [-0.4, -0.2) is 50.2 Å². The summed E-state index contributed by atoms with van der Waals surface area (Å²) < 4.78 is 16.5. The predicted octanol–water partition coefficient (Wildman–Crippen LogP) is 1.27. The lowest BCUT2D eigenvalue weighted by molar-refractivity contribution is -0.211. The van der Waals surface area contributed by atoms with E-state index in [0.29, 0.717) is 13.2 Å². The Labute approximate surface area is 92.5 Å². The highest BCUT2D eigenvalue weighted by Gasteiger charge is 2.29. The average Bonchev–Trinajstić information content (AvgIpc) is 2.19. The van der Waals surface area contributed by atoms with Gasteiger partial charge in [0, 0.05) is 26.3 Å². The molecule has 15 heavy (non-hydrogen) atoms. The molecule has 1 fully saturated rings. The minimum atomic E-state index is -0.596. The maximum atomic E-state index is 5.61. The van der Waals surface area contributed by atoms with E-state index in [-0.39, 0.29) is 0 Å². The van der Waals surface area contributed by atoms with Crippen LogP contribution in [0.3, 0.4) is 0 Å². The van der Waals surface area contributed by atoms with Gasteiger partial charge in [0.05, 0.1) is 19.8 Å². The zero-order valence-corrected chi connectivity index (χ0v) is 9.99. The van der Waals surface area contributed by atoms with Gasteiger partial charge >= 0.3 is 0 Å². The fraction of sp³-hybridized carbons (Fsp3) is 0.909. The lowest BCUT2D eigenvalue weighted by atomic mass is 10.2. The van der Waals surface area contributed by atoms with Crippen LogP contribution in [0.25, 0.3) is 0 Å². The predicted molar refractivity (Wildman–Crippen MR) is 58.3 cm³/mol. The van der Waals surface area contributed by atoms with Crippen LogP contribution in [0.2, 0.25) is 0 Å². The van der Waals surface area contributed by atoms with Gasteiger partial charge in [0.2, 0.25) is 0 Å². The molecule has 0 aromatic rings. The Morgan fingerprint density at radius 3 is 2.20 bits per heavy atom. The largest absolute Gasteiger partial charge is 0.379 e. The van der Waals surface area contributed by atoms with Gasteiger partial charge in [-0.15, -0.1) is 0 Å². The van der Waals surface area contributed by atoms with Gasteiger partial charge in [-0.25, -0.2) is 0 Å². The van der Waals surface area contributed by atoms with E-state index in [2.05, 4.69) is 4.90 Å². The first-order valence-electron chi connectivity index (χ1n) is 5.66. The van der Waals surface area contributed by atoms with E-state index < -0.39 is 5.79 Å². The molecule has 0 spiro atoms. The second kappa shape index (κ2) is 6.43. The zero-order chi connectivity index (χ0) is 11.1. The molecule has 0 atom stereocenters. The maximum Gasteiger partial charge on any atom is 0.182 e. The van der Waals surface area contributed by atoms with Gasteiger partial charge in [0.1, 0.15) is 0 Å². The summed E-state index contributed by atoms with van der Waals surface area (Å²) in [4.78, 5) is 2.20. The zero-order valence-electron chi connectivity index (χ0n) is 9.99. The van der Waals surface area contributed by atoms with Crippen molar-refractivity contribution < 1.29 is 14.2 Å². The molecular weight excluding hydrogens is 194 g/mol. The van der Waals surface area contributed by atoms with Gasteiger partial charge in [-0.05, 0) is 20.8 Å². The molecule has 0 saturated carbocycles. The minimum absolute atomic E-state index is 0.596. The monoisotopic (exact) mass is 216 g/mol. The standard InChI is InChI=1S/C11H22NO3/c1-4-14-11(3,15-5-2)10-12-6-8-13-9-7-12/h10H,4-9H2,1-3H3. The van der Waals surface area contributed by atoms with Crippen LogP contribution in [0.1, 0.15) is 20.8 Å². The van der Waals surface area contributed by atoms with Crippen molar-refractivity contribution >= 4 is 0 Å². The molecule has 0 aromatic carbocycles. The molecule has 0 bridgehead atoms. The van der Waals surface area contributed by atoms with Gasteiger partial charge < -0.3 is 14.2 Å². The molecule has 1 aliphatic heterocycles. The van der Waals surface area contributed by atoms with Gasteiger partial charge in [0.15, 0.2) is 5.79 Å². The molecule has 89 valence electrons. The van der Waals surface area contributed by atoms with Gasteiger partial charge in [-0.3, -0.25) is 4.90 Å². The highest BCUT2D eigenvalue weighted by molar-refractivity contribution is 4.84. The third-order valence-corrected chi connectivity index (χ3v) is 2.32. The van der Waals surface area contributed by atoms with E-state index in [1.807, 2.05) is 27.3 Å². The second-order valence-electron chi connectivity index (χ2n) is 3.66. The number of nitrogens with zero attached hydrogens (tertiary/aromatic N) is 1. The first kappa shape index (κ1) is 12.9. The van der Waals surface area contributed by atoms with Crippen molar-refractivity contribution in [1.29, 1.82) is 0 Å². The van der Waals surface area contributed by atoms with Crippen molar-refractivity contribution in [2.45, 2.75) is 26.6 Å². The lowest BCUT2D eigenvalue weighted by Gasteiger charge is -2.35. The van der Waals surface area contributed by atoms with Crippen LogP contribution in [0.5, 0.6) is 0 Å². The van der Waals surface area contributed by atoms with Gasteiger partial charge in [-0.1, -0.05) is 0 Å². The van der Waals surface area contributed by atoms with E-state index in [0.717, 1.165) is 26.3 Å². The molecular formula is C11H22NO3. The normalized spacial score (nSPS) is 19.4. The Hall–Kier alpha value is -0.160. The molecule has 4 heteroatoms. The smallest absolute Gasteiger partial charge is 0.182 e. The maximum absolute atomic E-state index is 5.61. The van der Waals surface area contributed by atoms with Crippen molar-refractivity contribution in [3.05, 3.63) is 6.54 Å². The quantitative estimate of drug-likeness (QED) is 0.626. The van der Waals surface area contributed by atoms with E-state index >= 15 is 0 Å². The summed E-state index contributed by atoms with van der Waals surface area (Å²) >= 11 is 0. The topological polar surface area (TPSA) is 30.9 Å². The van der Waals surface area contributed by atoms with Crippen LogP contribution in [0, 0.1) is 6.54 Å². The molecule has 0 unspecified atom stereocenters. The fourth-order valence-corrected chi connectivity index (χ4v) is 1.73. The Morgan fingerprint density at radius 1 is 1.20 bits per heavy atom. The van der Waals surface area contributed by atoms with Crippen LogP contribution < -0.4 is 0 Å². The Kier molecular flexibility index (Phi) is 5.53. The van der Waals surface area contributed by atoms with Gasteiger partial charge in [-0.2, -0.15) is 0 Å². The number of hydrogen-bond acceptors (Lipinski definition) is 4. The second-order valence-corrected chi connectivity index (χ2v) is 3.66. The first-order valence-corrected chi connectivity index (χ1v) is 5.66. The van der Waals surface area contributed by atoms with E-state index in [1.54, 1.807) is 0 Å². The number of rotatable bonds is 6. The molecule has 1 saturated heterocycles. The highest BCUT2D eigenvalue weighted by Crippen LogP contribution is 2.19. The summed E-state index contributed by atoms with van der Waals surface area (Å²) in [6.45, 7) is 12.6. The summed E-state index contributed by atoms with van der Waals surface area (Å²) in [7, 11) is 0. The Morgan fingerprint density at radius 2 is 1.73 bits per heavy atom. The lowest BCUT2D eigenvalue weighted by Crippen LogP contribution is -2.44. The first-order chi connectivity index (χ1) is 7.20. The van der Waals surface area contributed by atoms with Crippen molar-refractivity contribution in [1.82, 2.24) is 4.90 Å². The SMILES string of the molecule is CCOC(C)([CH]N1CCOCC1)OCC. The van der Waals surface area contributed by atoms with Gasteiger partial charge in [0.25, 0.3) is 0 Å². The Bertz CT molecular complexity index is 163. The highest BCUT2D eigenvalue weighted by atomic mass is 16.7. The molecule has 1 aliphatic rings. The molecule has 0 amide bonds. The van der Waals surface area contributed by atoms with E-state index in [1.165, 1.54) is 0 Å². The van der Waals surface area contributed by atoms with Crippen molar-refractivity contribution in [3.8, 4) is 0 Å². The van der Waals surface area contributed by atoms with Crippen LogP contribution >= 0.6 is 0 Å². The van der Waals surface area contributed by atoms with Crippen molar-refractivity contribution in [3.63, 3.8) is 0 Å². The molecule has 1 radical (unpaired) electrons. The number of ether oxygens (including phenoxy) is 3. The summed E-state index contributed by atoms with van der Waals surface area (Å²) in [6.07, 6.45) is 0. The summed E-state index contributed by atoms with van der Waals surface area (Å²) in [5.41, 5.74) is 0. The third-order valence-electron chi connectivity index (χ3n) is 2.32. The van der Waals surface area contributed by atoms with Crippen molar-refractivity contribution in [2.75, 3.05) is 39.5 Å². The van der Waals surface area contributed by atoms with E-state index in [4.69, 9.17) is 14.2 Å². The number of morpholine rings is 1. The van der Waals surface area contributed by atoms with Crippen LogP contribution in [0.4, 0.5) is 0 Å². The fourth-order valence-electron chi connectivity index (χ4n) is 1.73. The third kappa shape index (κ3) is 4.47. The molecule has 0 aliphatic carbocycles. The summed E-state index contributed by atoms with van der Waals surface area (Å²) in [5.74, 6) is -0.596. The number of hydrogen-bond donors (Lipinski definition) is 0. The Balaban J connectivity index is 2.40. The molecule has 4 nitrogen and oxygen atoms in total. The van der Waals surface area contributed by atoms with Crippen LogP contribution in [0.15, 0.2) is 0 Å². The van der Waals surface area contributed by atoms with Crippen LogP contribution in [-0.2, 0) is 14.2 Å². The molecule has 1 heterocycles. The van der Waals surface area contributed by atoms with E-state index in [9.17, 15) is 0 Å². The molecule has 1 rings (SSSR count). The minimum Gasteiger partial charge on any atom is -0.379 e. The molecule has 0 N–H and O–H groups in total. The molecule has 0 aromatic heterocycles. The summed E-state index contributed by atoms with van der Waals surface area (Å²) in [5, 5.41) is 0. The summed E-state index contributed by atoms with van der Waals surface area (Å²) in [6, 6.07) is 0. The van der Waals surface area contributed by atoms with Crippen molar-refractivity contribution in [2.24, 2.45) is 0 Å². The average molecular weight is 216 g/mol.